The van der Waals surface area contributed by atoms with E-state index in [1.165, 1.54) is 11.1 Å². The van der Waals surface area contributed by atoms with Crippen LogP contribution in [0.15, 0.2) is 24.3 Å². The van der Waals surface area contributed by atoms with Gasteiger partial charge in [0.2, 0.25) is 11.6 Å². The maximum Gasteiger partial charge on any atom is 0.202 e. The van der Waals surface area contributed by atoms with Gasteiger partial charge in [0.05, 0.1) is 14.2 Å². The summed E-state index contributed by atoms with van der Waals surface area (Å²) in [5, 5.41) is 2.27. The van der Waals surface area contributed by atoms with Crippen molar-refractivity contribution in [2.24, 2.45) is 46.3 Å². The summed E-state index contributed by atoms with van der Waals surface area (Å²) in [6.07, 6.45) is 1.96. The first kappa shape index (κ1) is 18.1. The normalized spacial score (nSPS) is 48.1. The van der Waals surface area contributed by atoms with Gasteiger partial charge in [-0.25, -0.2) is 0 Å². The van der Waals surface area contributed by atoms with Crippen LogP contribution in [0.1, 0.15) is 49.7 Å². The third-order valence-corrected chi connectivity index (χ3v) is 11.7. The average Bonchev–Trinajstić information content (AvgIpc) is 3.54. The lowest BCUT2D eigenvalue weighted by Crippen LogP contribution is -2.81. The first-order valence-corrected chi connectivity index (χ1v) is 12.2. The minimum atomic E-state index is -0.0585. The predicted molar refractivity (Wildman–Crippen MR) is 119 cm³/mol. The Morgan fingerprint density at radius 2 is 1.06 bits per heavy atom. The van der Waals surface area contributed by atoms with E-state index in [0.29, 0.717) is 35.5 Å². The molecule has 0 heterocycles. The number of carbonyl (C=O) groups excluding carboxylic acids is 2. The standard InChI is InChI=1S/C28H28O4/c1-27-19-13-9-14(18-17(13)25(31-3)11-7-5-6-8-12(11)26(18)32-4)20(19)28(27,2)22-16-10-15(21(22)27)23(29)24(16)30/h5-8,13-16,19-22H,9-10H2,1-4H3/t13-,14+,15-,16+,19?,20?,21?,22?,27?,28?. The quantitative estimate of drug-likeness (QED) is 0.512. The summed E-state index contributed by atoms with van der Waals surface area (Å²) in [7, 11) is 3.59. The van der Waals surface area contributed by atoms with Crippen LogP contribution in [0, 0.1) is 46.3 Å². The molecule has 2 aromatic rings. The molecule has 0 spiro atoms. The van der Waals surface area contributed by atoms with Crippen molar-refractivity contribution in [3.8, 4) is 11.5 Å². The first-order chi connectivity index (χ1) is 15.4. The fourth-order valence-corrected chi connectivity index (χ4v) is 11.1. The number of Topliss-reactive ketones (excluding diaryl/α,β-unsaturated/α-hetero) is 2. The highest BCUT2D eigenvalue weighted by Crippen LogP contribution is 2.94. The highest BCUT2D eigenvalue weighted by molar-refractivity contribution is 6.41. The zero-order valence-electron chi connectivity index (χ0n) is 19.0. The highest BCUT2D eigenvalue weighted by atomic mass is 16.5. The summed E-state index contributed by atoms with van der Waals surface area (Å²) in [5.74, 6) is 4.78. The monoisotopic (exact) mass is 428 g/mol. The summed E-state index contributed by atoms with van der Waals surface area (Å²) < 4.78 is 12.2. The van der Waals surface area contributed by atoms with Crippen molar-refractivity contribution in [3.05, 3.63) is 35.4 Å². The van der Waals surface area contributed by atoms with Crippen molar-refractivity contribution in [1.29, 1.82) is 0 Å². The van der Waals surface area contributed by atoms with E-state index in [2.05, 4.69) is 38.1 Å². The lowest BCUT2D eigenvalue weighted by atomic mass is 9.20. The molecule has 5 saturated carbocycles. The molecule has 5 fully saturated rings. The van der Waals surface area contributed by atoms with Crippen molar-refractivity contribution in [1.82, 2.24) is 0 Å². The third-order valence-electron chi connectivity index (χ3n) is 11.7. The number of rotatable bonds is 2. The van der Waals surface area contributed by atoms with Crippen LogP contribution in [-0.4, -0.2) is 25.8 Å². The number of hydrogen-bond donors (Lipinski definition) is 0. The molecular weight excluding hydrogens is 400 g/mol. The molecule has 0 aliphatic heterocycles. The summed E-state index contributed by atoms with van der Waals surface area (Å²) in [5.41, 5.74) is 3.04. The van der Waals surface area contributed by atoms with E-state index in [4.69, 9.17) is 9.47 Å². The zero-order valence-corrected chi connectivity index (χ0v) is 19.0. The number of ketones is 2. The molecule has 164 valence electrons. The molecule has 4 bridgehead atoms. The number of hydrogen-bond acceptors (Lipinski definition) is 4. The molecule has 10 atom stereocenters. The molecule has 0 saturated heterocycles. The molecule has 0 radical (unpaired) electrons. The molecule has 4 heteroatoms. The summed E-state index contributed by atoms with van der Waals surface area (Å²) in [6, 6.07) is 8.44. The number of ether oxygens (including phenoxy) is 2. The third kappa shape index (κ3) is 1.42. The van der Waals surface area contributed by atoms with Crippen molar-refractivity contribution in [2.45, 2.75) is 38.5 Å². The van der Waals surface area contributed by atoms with Gasteiger partial charge in [-0.15, -0.1) is 0 Å². The molecule has 6 unspecified atom stereocenters. The Bertz CT molecular complexity index is 1200. The summed E-state index contributed by atoms with van der Waals surface area (Å²) in [4.78, 5) is 25.3. The Labute approximate surface area is 187 Å². The average molecular weight is 429 g/mol. The number of carbonyl (C=O) groups is 2. The van der Waals surface area contributed by atoms with E-state index in [9.17, 15) is 9.59 Å². The van der Waals surface area contributed by atoms with Gasteiger partial charge in [0.1, 0.15) is 11.5 Å². The lowest BCUT2D eigenvalue weighted by Gasteiger charge is -2.83. The molecule has 6 aliphatic rings. The number of benzene rings is 2. The Morgan fingerprint density at radius 1 is 0.688 bits per heavy atom. The van der Waals surface area contributed by atoms with Gasteiger partial charge in [0, 0.05) is 33.7 Å². The molecule has 32 heavy (non-hydrogen) atoms. The van der Waals surface area contributed by atoms with Crippen LogP contribution in [-0.2, 0) is 9.59 Å². The molecule has 0 amide bonds. The van der Waals surface area contributed by atoms with E-state index in [1.54, 1.807) is 14.2 Å². The van der Waals surface area contributed by atoms with Gasteiger partial charge in [0.25, 0.3) is 0 Å². The molecule has 0 N–H and O–H groups in total. The second kappa shape index (κ2) is 5.08. The van der Waals surface area contributed by atoms with Crippen molar-refractivity contribution >= 4 is 22.3 Å². The highest BCUT2D eigenvalue weighted by Gasteiger charge is 2.90. The molecule has 8 rings (SSSR count). The Hall–Kier alpha value is -2.36. The van der Waals surface area contributed by atoms with E-state index in [1.807, 2.05) is 0 Å². The van der Waals surface area contributed by atoms with Crippen molar-refractivity contribution < 1.29 is 19.1 Å². The molecule has 4 nitrogen and oxygen atoms in total. The summed E-state index contributed by atoms with van der Waals surface area (Å²) >= 11 is 0. The van der Waals surface area contributed by atoms with Gasteiger partial charge in [-0.05, 0) is 59.2 Å². The van der Waals surface area contributed by atoms with Crippen LogP contribution in [0.5, 0.6) is 11.5 Å². The topological polar surface area (TPSA) is 52.6 Å². The van der Waals surface area contributed by atoms with Crippen molar-refractivity contribution in [2.75, 3.05) is 14.2 Å². The van der Waals surface area contributed by atoms with Crippen LogP contribution in [0.2, 0.25) is 0 Å². The van der Waals surface area contributed by atoms with Crippen LogP contribution in [0.4, 0.5) is 0 Å². The Kier molecular flexibility index (Phi) is 2.87. The zero-order chi connectivity index (χ0) is 21.9. The van der Waals surface area contributed by atoms with Gasteiger partial charge in [-0.1, -0.05) is 38.1 Å². The van der Waals surface area contributed by atoms with Crippen LogP contribution < -0.4 is 9.47 Å². The predicted octanol–water partition coefficient (Wildman–Crippen LogP) is 4.73. The largest absolute Gasteiger partial charge is 0.496 e. The molecular formula is C28H28O4. The van der Waals surface area contributed by atoms with Crippen LogP contribution in [0.25, 0.3) is 10.8 Å². The fourth-order valence-electron chi connectivity index (χ4n) is 11.1. The maximum atomic E-state index is 12.7. The second-order valence-corrected chi connectivity index (χ2v) is 11.7. The van der Waals surface area contributed by atoms with Gasteiger partial charge >= 0.3 is 0 Å². The maximum absolute atomic E-state index is 12.7. The fraction of sp³-hybridized carbons (Fsp3) is 0.571. The minimum absolute atomic E-state index is 0.0110. The smallest absolute Gasteiger partial charge is 0.202 e. The van der Waals surface area contributed by atoms with E-state index in [0.717, 1.165) is 35.1 Å². The van der Waals surface area contributed by atoms with E-state index >= 15 is 0 Å². The van der Waals surface area contributed by atoms with Crippen LogP contribution in [0.3, 0.4) is 0 Å². The van der Waals surface area contributed by atoms with Gasteiger partial charge in [-0.2, -0.15) is 0 Å². The Balaban J connectivity index is 1.35. The molecule has 2 aromatic carbocycles. The van der Waals surface area contributed by atoms with Gasteiger partial charge in [-0.3, -0.25) is 9.59 Å². The number of fused-ring (bicyclic) bond motifs is 19. The van der Waals surface area contributed by atoms with Gasteiger partial charge in [0.15, 0.2) is 0 Å². The number of methoxy groups -OCH3 is 2. The van der Waals surface area contributed by atoms with Crippen molar-refractivity contribution in [3.63, 3.8) is 0 Å². The van der Waals surface area contributed by atoms with E-state index < -0.39 is 0 Å². The summed E-state index contributed by atoms with van der Waals surface area (Å²) in [6.45, 7) is 4.91. The lowest BCUT2D eigenvalue weighted by molar-refractivity contribution is -0.353. The second-order valence-electron chi connectivity index (χ2n) is 11.7. The molecule has 0 aromatic heterocycles. The Morgan fingerprint density at radius 3 is 1.47 bits per heavy atom. The van der Waals surface area contributed by atoms with Gasteiger partial charge < -0.3 is 9.47 Å². The first-order valence-electron chi connectivity index (χ1n) is 12.2. The minimum Gasteiger partial charge on any atom is -0.496 e. The molecule has 6 aliphatic carbocycles. The van der Waals surface area contributed by atoms with Crippen LogP contribution >= 0.6 is 0 Å². The SMILES string of the molecule is COc1c2c(c(OC)c3ccccc13)[C@@H]1C[C@H]2C2C1C1(C)C3C([C@H]4C[C@@H]3C(=O)C4=O)C21C. The van der Waals surface area contributed by atoms with E-state index in [-0.39, 0.29) is 34.2 Å².